The Morgan fingerprint density at radius 3 is 2.78 bits per heavy atom. The molecule has 0 saturated carbocycles. The monoisotopic (exact) mass is 238 g/mol. The van der Waals surface area contributed by atoms with Crippen LogP contribution < -0.4 is 0 Å². The lowest BCUT2D eigenvalue weighted by atomic mass is 9.73. The molecule has 0 fully saturated rings. The fourth-order valence-corrected chi connectivity index (χ4v) is 2.81. The highest BCUT2D eigenvalue weighted by molar-refractivity contribution is 5.42. The van der Waals surface area contributed by atoms with Crippen molar-refractivity contribution in [3.63, 3.8) is 0 Å². The van der Waals surface area contributed by atoms with Gasteiger partial charge < -0.3 is 5.11 Å². The van der Waals surface area contributed by atoms with Crippen molar-refractivity contribution in [3.05, 3.63) is 70.8 Å². The molecule has 0 spiro atoms. The zero-order chi connectivity index (χ0) is 12.5. The first-order chi connectivity index (χ1) is 8.79. The molecule has 1 aliphatic rings. The minimum absolute atomic E-state index is 0.272. The van der Waals surface area contributed by atoms with Crippen LogP contribution in [0.1, 0.15) is 41.2 Å². The molecule has 18 heavy (non-hydrogen) atoms. The summed E-state index contributed by atoms with van der Waals surface area (Å²) < 4.78 is 0. The average molecular weight is 238 g/mol. The van der Waals surface area contributed by atoms with Crippen molar-refractivity contribution in [1.29, 1.82) is 0 Å². The van der Waals surface area contributed by atoms with Crippen molar-refractivity contribution >= 4 is 0 Å². The molecule has 3 rings (SSSR count). The molecule has 0 amide bonds. The van der Waals surface area contributed by atoms with Crippen LogP contribution in [0.3, 0.4) is 0 Å². The van der Waals surface area contributed by atoms with Gasteiger partial charge in [0.05, 0.1) is 6.10 Å². The highest BCUT2D eigenvalue weighted by Gasteiger charge is 2.32. The fraction of sp³-hybridized carbons (Fsp3) is 0.294. The topological polar surface area (TPSA) is 20.2 Å². The second-order valence-corrected chi connectivity index (χ2v) is 5.05. The Balaban J connectivity index is 1.86. The third-order valence-electron chi connectivity index (χ3n) is 3.98. The van der Waals surface area contributed by atoms with Crippen LogP contribution in [0.4, 0.5) is 0 Å². The van der Waals surface area contributed by atoms with Crippen molar-refractivity contribution in [2.45, 2.75) is 31.8 Å². The Labute approximate surface area is 108 Å². The SMILES string of the molecule is CCc1cccc(C(O)C2Cc3ccccc32)c1. The summed E-state index contributed by atoms with van der Waals surface area (Å²) in [7, 11) is 0. The van der Waals surface area contributed by atoms with Crippen LogP contribution in [-0.4, -0.2) is 5.11 Å². The van der Waals surface area contributed by atoms with Gasteiger partial charge in [-0.15, -0.1) is 0 Å². The van der Waals surface area contributed by atoms with Crippen LogP contribution in [0, 0.1) is 0 Å². The van der Waals surface area contributed by atoms with Crippen LogP contribution in [0.2, 0.25) is 0 Å². The molecule has 1 heteroatoms. The largest absolute Gasteiger partial charge is 0.388 e. The molecule has 2 unspecified atom stereocenters. The van der Waals surface area contributed by atoms with Gasteiger partial charge in [0, 0.05) is 5.92 Å². The molecule has 0 heterocycles. The molecular formula is C17H18O. The Morgan fingerprint density at radius 1 is 1.17 bits per heavy atom. The molecular weight excluding hydrogens is 220 g/mol. The number of hydrogen-bond donors (Lipinski definition) is 1. The van der Waals surface area contributed by atoms with E-state index in [1.807, 2.05) is 12.1 Å². The molecule has 0 saturated heterocycles. The van der Waals surface area contributed by atoms with Gasteiger partial charge in [0.25, 0.3) is 0 Å². The summed E-state index contributed by atoms with van der Waals surface area (Å²) in [6, 6.07) is 16.7. The lowest BCUT2D eigenvalue weighted by Gasteiger charge is -2.34. The van der Waals surface area contributed by atoms with Crippen molar-refractivity contribution in [2.75, 3.05) is 0 Å². The van der Waals surface area contributed by atoms with Gasteiger partial charge in [-0.2, -0.15) is 0 Å². The zero-order valence-electron chi connectivity index (χ0n) is 10.6. The Bertz CT molecular complexity index is 559. The molecule has 1 nitrogen and oxygen atoms in total. The Morgan fingerprint density at radius 2 is 2.00 bits per heavy atom. The van der Waals surface area contributed by atoms with Gasteiger partial charge in [-0.3, -0.25) is 0 Å². The number of benzene rings is 2. The minimum atomic E-state index is -0.369. The van der Waals surface area contributed by atoms with E-state index in [4.69, 9.17) is 0 Å². The molecule has 0 bridgehead atoms. The normalized spacial score (nSPS) is 18.9. The summed E-state index contributed by atoms with van der Waals surface area (Å²) in [5.74, 6) is 0.272. The minimum Gasteiger partial charge on any atom is -0.388 e. The van der Waals surface area contributed by atoms with E-state index in [0.29, 0.717) is 0 Å². The predicted octanol–water partition coefficient (Wildman–Crippen LogP) is 3.62. The van der Waals surface area contributed by atoms with E-state index in [2.05, 4.69) is 43.3 Å². The molecule has 1 N–H and O–H groups in total. The van der Waals surface area contributed by atoms with Crippen LogP contribution in [0.15, 0.2) is 48.5 Å². The van der Waals surface area contributed by atoms with E-state index >= 15 is 0 Å². The summed E-state index contributed by atoms with van der Waals surface area (Å²) in [6.45, 7) is 2.14. The van der Waals surface area contributed by atoms with Gasteiger partial charge >= 0.3 is 0 Å². The standard InChI is InChI=1S/C17H18O/c1-2-12-6-5-8-14(10-12)17(18)16-11-13-7-3-4-9-15(13)16/h3-10,16-18H,2,11H2,1H3. The smallest absolute Gasteiger partial charge is 0.0861 e. The molecule has 2 atom stereocenters. The molecule has 2 aromatic carbocycles. The second kappa shape index (κ2) is 4.58. The maximum absolute atomic E-state index is 10.5. The maximum atomic E-state index is 10.5. The first-order valence-corrected chi connectivity index (χ1v) is 6.64. The van der Waals surface area contributed by atoms with Crippen molar-refractivity contribution in [1.82, 2.24) is 0 Å². The molecule has 1 aliphatic carbocycles. The number of aliphatic hydroxyl groups is 1. The Hall–Kier alpha value is -1.60. The Kier molecular flexibility index (Phi) is 2.92. The van der Waals surface area contributed by atoms with Crippen molar-refractivity contribution in [3.8, 4) is 0 Å². The van der Waals surface area contributed by atoms with Crippen LogP contribution in [0.5, 0.6) is 0 Å². The van der Waals surface area contributed by atoms with E-state index in [-0.39, 0.29) is 12.0 Å². The predicted molar refractivity (Wildman–Crippen MR) is 73.7 cm³/mol. The van der Waals surface area contributed by atoms with Gasteiger partial charge in [-0.25, -0.2) is 0 Å². The van der Waals surface area contributed by atoms with E-state index < -0.39 is 0 Å². The van der Waals surface area contributed by atoms with Crippen molar-refractivity contribution in [2.24, 2.45) is 0 Å². The number of rotatable bonds is 3. The van der Waals surface area contributed by atoms with Crippen LogP contribution in [-0.2, 0) is 12.8 Å². The summed E-state index contributed by atoms with van der Waals surface area (Å²) in [6.07, 6.45) is 1.64. The van der Waals surface area contributed by atoms with Gasteiger partial charge in [0.1, 0.15) is 0 Å². The van der Waals surface area contributed by atoms with Gasteiger partial charge in [0.2, 0.25) is 0 Å². The van der Waals surface area contributed by atoms with Gasteiger partial charge in [-0.05, 0) is 35.1 Å². The van der Waals surface area contributed by atoms with Gasteiger partial charge in [0.15, 0.2) is 0 Å². The molecule has 92 valence electrons. The average Bonchev–Trinajstić information content (AvgIpc) is 2.40. The first kappa shape index (κ1) is 11.5. The van der Waals surface area contributed by atoms with Crippen LogP contribution in [0.25, 0.3) is 0 Å². The third kappa shape index (κ3) is 1.85. The highest BCUT2D eigenvalue weighted by Crippen LogP contribution is 2.43. The van der Waals surface area contributed by atoms with Gasteiger partial charge in [-0.1, -0.05) is 55.5 Å². The van der Waals surface area contributed by atoms with E-state index in [1.165, 1.54) is 16.7 Å². The molecule has 2 aromatic rings. The quantitative estimate of drug-likeness (QED) is 0.866. The molecule has 0 aromatic heterocycles. The lowest BCUT2D eigenvalue weighted by Crippen LogP contribution is -2.23. The highest BCUT2D eigenvalue weighted by atomic mass is 16.3. The number of aliphatic hydroxyl groups excluding tert-OH is 1. The number of fused-ring (bicyclic) bond motifs is 1. The second-order valence-electron chi connectivity index (χ2n) is 5.05. The number of hydrogen-bond acceptors (Lipinski definition) is 1. The van der Waals surface area contributed by atoms with E-state index in [1.54, 1.807) is 0 Å². The zero-order valence-corrected chi connectivity index (χ0v) is 10.6. The van der Waals surface area contributed by atoms with E-state index in [0.717, 1.165) is 18.4 Å². The first-order valence-electron chi connectivity index (χ1n) is 6.64. The van der Waals surface area contributed by atoms with E-state index in [9.17, 15) is 5.11 Å². The fourth-order valence-electron chi connectivity index (χ4n) is 2.81. The summed E-state index contributed by atoms with van der Waals surface area (Å²) in [4.78, 5) is 0. The molecule has 0 aliphatic heterocycles. The summed E-state index contributed by atoms with van der Waals surface area (Å²) in [5.41, 5.74) is 5.04. The van der Waals surface area contributed by atoms with Crippen LogP contribution >= 0.6 is 0 Å². The third-order valence-corrected chi connectivity index (χ3v) is 3.98. The number of aryl methyl sites for hydroxylation is 1. The maximum Gasteiger partial charge on any atom is 0.0861 e. The lowest BCUT2D eigenvalue weighted by molar-refractivity contribution is 0.134. The van der Waals surface area contributed by atoms with Crippen molar-refractivity contribution < 1.29 is 5.11 Å². The summed E-state index contributed by atoms with van der Waals surface area (Å²) >= 11 is 0. The summed E-state index contributed by atoms with van der Waals surface area (Å²) in [5, 5.41) is 10.5. The molecule has 0 radical (unpaired) electrons.